The van der Waals surface area contributed by atoms with Gasteiger partial charge in [0.2, 0.25) is 0 Å². The molecule has 3 heteroatoms. The Bertz CT molecular complexity index is 666. The Kier molecular flexibility index (Phi) is 5.25. The summed E-state index contributed by atoms with van der Waals surface area (Å²) >= 11 is 0. The Hall–Kier alpha value is -2.44. The van der Waals surface area contributed by atoms with Gasteiger partial charge >= 0.3 is 0 Å². The highest BCUT2D eigenvalue weighted by Crippen LogP contribution is 2.23. The zero-order valence-electron chi connectivity index (χ0n) is 12.2. The van der Waals surface area contributed by atoms with E-state index in [4.69, 9.17) is 14.6 Å². The number of aryl methyl sites for hydroxylation is 1. The number of hydrogen-bond acceptors (Lipinski definition) is 3. The first-order chi connectivity index (χ1) is 10.2. The molecule has 0 amide bonds. The predicted molar refractivity (Wildman–Crippen MR) is 82.5 cm³/mol. The molecular weight excluding hydrogens is 264 g/mol. The van der Waals surface area contributed by atoms with Gasteiger partial charge in [0.15, 0.2) is 0 Å². The topological polar surface area (TPSA) is 38.7 Å². The smallest absolute Gasteiger partial charge is 0.125 e. The molecule has 0 atom stereocenters. The van der Waals surface area contributed by atoms with Crippen molar-refractivity contribution in [2.75, 3.05) is 13.7 Å². The molecule has 2 aromatic carbocycles. The molecule has 1 N–H and O–H groups in total. The summed E-state index contributed by atoms with van der Waals surface area (Å²) in [4.78, 5) is 0. The molecule has 108 valence electrons. The van der Waals surface area contributed by atoms with E-state index in [0.717, 1.165) is 28.2 Å². The molecule has 21 heavy (non-hydrogen) atoms. The van der Waals surface area contributed by atoms with Crippen LogP contribution in [0.1, 0.15) is 16.7 Å². The van der Waals surface area contributed by atoms with Gasteiger partial charge < -0.3 is 14.6 Å². The first-order valence-corrected chi connectivity index (χ1v) is 6.69. The van der Waals surface area contributed by atoms with Crippen LogP contribution < -0.4 is 9.47 Å². The molecule has 0 saturated carbocycles. The van der Waals surface area contributed by atoms with Crippen LogP contribution in [-0.2, 0) is 6.61 Å². The lowest BCUT2D eigenvalue weighted by molar-refractivity contribution is 0.295. The molecule has 0 heterocycles. The summed E-state index contributed by atoms with van der Waals surface area (Å²) in [5.74, 6) is 7.15. The van der Waals surface area contributed by atoms with Crippen LogP contribution >= 0.6 is 0 Å². The summed E-state index contributed by atoms with van der Waals surface area (Å²) in [5, 5.41) is 8.70. The first-order valence-electron chi connectivity index (χ1n) is 6.69. The van der Waals surface area contributed by atoms with Crippen LogP contribution in [0.3, 0.4) is 0 Å². The van der Waals surface area contributed by atoms with Crippen molar-refractivity contribution in [2.24, 2.45) is 0 Å². The van der Waals surface area contributed by atoms with E-state index >= 15 is 0 Å². The zero-order valence-corrected chi connectivity index (χ0v) is 12.2. The van der Waals surface area contributed by atoms with E-state index in [9.17, 15) is 0 Å². The van der Waals surface area contributed by atoms with Gasteiger partial charge in [-0.3, -0.25) is 0 Å². The van der Waals surface area contributed by atoms with Gasteiger partial charge in [-0.2, -0.15) is 0 Å². The maximum Gasteiger partial charge on any atom is 0.125 e. The Morgan fingerprint density at radius 1 is 1.10 bits per heavy atom. The third-order valence-corrected chi connectivity index (χ3v) is 3.06. The second-order valence-corrected chi connectivity index (χ2v) is 4.54. The molecule has 0 aromatic heterocycles. The largest absolute Gasteiger partial charge is 0.496 e. The maximum atomic E-state index is 8.70. The molecule has 3 nitrogen and oxygen atoms in total. The molecule has 0 aliphatic carbocycles. The molecular formula is C18H18O3. The molecule has 0 aliphatic rings. The van der Waals surface area contributed by atoms with E-state index in [2.05, 4.69) is 11.8 Å². The number of benzene rings is 2. The van der Waals surface area contributed by atoms with E-state index in [1.807, 2.05) is 49.4 Å². The number of aliphatic hydroxyl groups excluding tert-OH is 1. The van der Waals surface area contributed by atoms with Gasteiger partial charge in [-0.15, -0.1) is 0 Å². The lowest BCUT2D eigenvalue weighted by atomic mass is 10.1. The zero-order chi connectivity index (χ0) is 15.1. The fourth-order valence-electron chi connectivity index (χ4n) is 2.01. The number of hydrogen-bond donors (Lipinski definition) is 1. The second-order valence-electron chi connectivity index (χ2n) is 4.54. The van der Waals surface area contributed by atoms with Crippen molar-refractivity contribution in [1.29, 1.82) is 0 Å². The Morgan fingerprint density at radius 2 is 1.90 bits per heavy atom. The molecule has 0 spiro atoms. The number of aliphatic hydroxyl groups is 1. The van der Waals surface area contributed by atoms with Crippen LogP contribution in [0.15, 0.2) is 42.5 Å². The molecule has 2 aromatic rings. The van der Waals surface area contributed by atoms with Gasteiger partial charge in [0.1, 0.15) is 24.7 Å². The Labute approximate surface area is 125 Å². The second kappa shape index (κ2) is 7.37. The SMILES string of the molecule is COc1ccccc1COc1ccc(C#CCO)cc1C. The summed E-state index contributed by atoms with van der Waals surface area (Å²) in [6, 6.07) is 13.5. The molecule has 0 aliphatic heterocycles. The van der Waals surface area contributed by atoms with E-state index in [-0.39, 0.29) is 6.61 Å². The van der Waals surface area contributed by atoms with Gasteiger partial charge in [-0.1, -0.05) is 30.0 Å². The summed E-state index contributed by atoms with van der Waals surface area (Å²) in [6.45, 7) is 2.29. The monoisotopic (exact) mass is 282 g/mol. The van der Waals surface area contributed by atoms with E-state index in [1.54, 1.807) is 7.11 Å². The van der Waals surface area contributed by atoms with Crippen LogP contribution in [0.5, 0.6) is 11.5 Å². The van der Waals surface area contributed by atoms with Crippen molar-refractivity contribution >= 4 is 0 Å². The lowest BCUT2D eigenvalue weighted by Gasteiger charge is -2.12. The number of rotatable bonds is 4. The first kappa shape index (κ1) is 15.0. The predicted octanol–water partition coefficient (Wildman–Crippen LogP) is 2.93. The van der Waals surface area contributed by atoms with E-state index < -0.39 is 0 Å². The van der Waals surface area contributed by atoms with Crippen molar-refractivity contribution in [2.45, 2.75) is 13.5 Å². The minimum atomic E-state index is -0.134. The minimum absolute atomic E-state index is 0.134. The summed E-state index contributed by atoms with van der Waals surface area (Å²) < 4.78 is 11.2. The quantitative estimate of drug-likeness (QED) is 0.876. The Balaban J connectivity index is 2.10. The van der Waals surface area contributed by atoms with Gasteiger partial charge in [0.25, 0.3) is 0 Å². The number of ether oxygens (including phenoxy) is 2. The number of methoxy groups -OCH3 is 1. The van der Waals surface area contributed by atoms with Crippen molar-refractivity contribution in [1.82, 2.24) is 0 Å². The third kappa shape index (κ3) is 4.01. The average molecular weight is 282 g/mol. The fraction of sp³-hybridized carbons (Fsp3) is 0.222. The molecule has 2 rings (SSSR count). The van der Waals surface area contributed by atoms with Gasteiger partial charge in [-0.25, -0.2) is 0 Å². The average Bonchev–Trinajstić information content (AvgIpc) is 2.52. The van der Waals surface area contributed by atoms with E-state index in [0.29, 0.717) is 6.61 Å². The molecule has 0 bridgehead atoms. The van der Waals surface area contributed by atoms with E-state index in [1.165, 1.54) is 0 Å². The Morgan fingerprint density at radius 3 is 2.62 bits per heavy atom. The van der Waals surface area contributed by atoms with Crippen molar-refractivity contribution in [3.05, 3.63) is 59.2 Å². The minimum Gasteiger partial charge on any atom is -0.496 e. The van der Waals surface area contributed by atoms with Gasteiger partial charge in [0.05, 0.1) is 7.11 Å². The molecule has 0 unspecified atom stereocenters. The van der Waals surface area contributed by atoms with Crippen molar-refractivity contribution in [3.63, 3.8) is 0 Å². The van der Waals surface area contributed by atoms with Gasteiger partial charge in [0, 0.05) is 11.1 Å². The highest BCUT2D eigenvalue weighted by molar-refractivity contribution is 5.44. The molecule has 0 saturated heterocycles. The van der Waals surface area contributed by atoms with Crippen molar-refractivity contribution < 1.29 is 14.6 Å². The molecule has 0 fully saturated rings. The summed E-state index contributed by atoms with van der Waals surface area (Å²) in [7, 11) is 1.65. The standard InChI is InChI=1S/C18H18O3/c1-14-12-15(6-5-11-19)9-10-17(14)21-13-16-7-3-4-8-18(16)20-2/h3-4,7-10,12,19H,11,13H2,1-2H3. The lowest BCUT2D eigenvalue weighted by Crippen LogP contribution is -1.99. The summed E-state index contributed by atoms with van der Waals surface area (Å²) in [6.07, 6.45) is 0. The fourth-order valence-corrected chi connectivity index (χ4v) is 2.01. The highest BCUT2D eigenvalue weighted by atomic mass is 16.5. The number of para-hydroxylation sites is 1. The van der Waals surface area contributed by atoms with Crippen LogP contribution in [0.25, 0.3) is 0 Å². The van der Waals surface area contributed by atoms with Crippen LogP contribution in [-0.4, -0.2) is 18.8 Å². The third-order valence-electron chi connectivity index (χ3n) is 3.06. The molecule has 0 radical (unpaired) electrons. The van der Waals surface area contributed by atoms with Crippen LogP contribution in [0.2, 0.25) is 0 Å². The highest BCUT2D eigenvalue weighted by Gasteiger charge is 2.05. The van der Waals surface area contributed by atoms with Crippen LogP contribution in [0.4, 0.5) is 0 Å². The normalized spacial score (nSPS) is 9.67. The maximum absolute atomic E-state index is 8.70. The van der Waals surface area contributed by atoms with Crippen molar-refractivity contribution in [3.8, 4) is 23.3 Å². The van der Waals surface area contributed by atoms with Crippen LogP contribution in [0, 0.1) is 18.8 Å². The summed E-state index contributed by atoms with van der Waals surface area (Å²) in [5.41, 5.74) is 2.88. The van der Waals surface area contributed by atoms with Gasteiger partial charge in [-0.05, 0) is 36.8 Å².